The van der Waals surface area contributed by atoms with Gasteiger partial charge in [0.1, 0.15) is 5.82 Å². The van der Waals surface area contributed by atoms with Crippen LogP contribution in [0.2, 0.25) is 0 Å². The third-order valence-electron chi connectivity index (χ3n) is 5.13. The smallest absolute Gasteiger partial charge is 0.320 e. The number of halogens is 1. The zero-order valence-corrected chi connectivity index (χ0v) is 15.4. The Morgan fingerprint density at radius 2 is 1.86 bits per heavy atom. The van der Waals surface area contributed by atoms with Gasteiger partial charge >= 0.3 is 5.97 Å². The van der Waals surface area contributed by atoms with Gasteiger partial charge < -0.3 is 5.11 Å². The van der Waals surface area contributed by atoms with E-state index >= 15 is 0 Å². The minimum absolute atomic E-state index is 0.0445. The highest BCUT2D eigenvalue weighted by molar-refractivity contribution is 6.03. The third kappa shape index (κ3) is 3.86. The van der Waals surface area contributed by atoms with Crippen LogP contribution in [-0.2, 0) is 9.59 Å². The second-order valence-corrected chi connectivity index (χ2v) is 6.95. The van der Waals surface area contributed by atoms with Crippen LogP contribution in [0.4, 0.5) is 4.39 Å². The molecular formula is C22H21FN2O3. The van der Waals surface area contributed by atoms with Crippen LogP contribution in [0.3, 0.4) is 0 Å². The van der Waals surface area contributed by atoms with Crippen LogP contribution >= 0.6 is 0 Å². The Bertz CT molecular complexity index is 923. The molecule has 2 aromatic rings. The summed E-state index contributed by atoms with van der Waals surface area (Å²) < 4.78 is 13.3. The summed E-state index contributed by atoms with van der Waals surface area (Å²) in [4.78, 5) is 25.3. The van der Waals surface area contributed by atoms with Crippen molar-refractivity contribution >= 4 is 18.1 Å². The molecule has 1 amide bonds. The van der Waals surface area contributed by atoms with Gasteiger partial charge in [-0.1, -0.05) is 54.1 Å². The first-order valence-corrected chi connectivity index (χ1v) is 8.96. The van der Waals surface area contributed by atoms with Crippen LogP contribution in [0.15, 0.2) is 71.3 Å². The molecule has 0 spiro atoms. The van der Waals surface area contributed by atoms with Gasteiger partial charge in [-0.05, 0) is 43.0 Å². The maximum atomic E-state index is 13.3. The first-order chi connectivity index (χ1) is 13.4. The molecule has 0 saturated carbocycles. The summed E-state index contributed by atoms with van der Waals surface area (Å²) in [6.45, 7) is 1.90. The molecule has 6 heteroatoms. The second kappa shape index (κ2) is 8.17. The van der Waals surface area contributed by atoms with E-state index < -0.39 is 29.0 Å². The average Bonchev–Trinajstić information content (AvgIpc) is 2.69. The first kappa shape index (κ1) is 19.5. The molecule has 3 rings (SSSR count). The lowest BCUT2D eigenvalue weighted by atomic mass is 9.64. The fraction of sp³-hybridized carbons (Fsp3) is 0.227. The van der Waals surface area contributed by atoms with E-state index in [0.29, 0.717) is 12.0 Å². The highest BCUT2D eigenvalue weighted by Crippen LogP contribution is 2.47. The van der Waals surface area contributed by atoms with Gasteiger partial charge in [-0.3, -0.25) is 9.59 Å². The largest absolute Gasteiger partial charge is 0.480 e. The van der Waals surface area contributed by atoms with Gasteiger partial charge in [-0.2, -0.15) is 5.10 Å². The van der Waals surface area contributed by atoms with Gasteiger partial charge in [0, 0.05) is 5.92 Å². The van der Waals surface area contributed by atoms with E-state index in [1.807, 2.05) is 37.3 Å². The van der Waals surface area contributed by atoms with Crippen LogP contribution in [0.5, 0.6) is 0 Å². The molecule has 144 valence electrons. The highest BCUT2D eigenvalue weighted by atomic mass is 19.1. The van der Waals surface area contributed by atoms with Crippen LogP contribution in [0, 0.1) is 11.2 Å². The number of aliphatic carboxylic acids is 1. The number of hydrazone groups is 1. The Morgan fingerprint density at radius 1 is 1.18 bits per heavy atom. The summed E-state index contributed by atoms with van der Waals surface area (Å²) in [6, 6.07) is 14.8. The summed E-state index contributed by atoms with van der Waals surface area (Å²) >= 11 is 0. The molecule has 0 aromatic heterocycles. The molecule has 0 radical (unpaired) electrons. The molecule has 0 fully saturated rings. The number of nitrogens with zero attached hydrogens (tertiary/aromatic N) is 1. The summed E-state index contributed by atoms with van der Waals surface area (Å²) in [6.07, 6.45) is 3.68. The predicted molar refractivity (Wildman–Crippen MR) is 104 cm³/mol. The number of hydrogen-bond donors (Lipinski definition) is 2. The quantitative estimate of drug-likeness (QED) is 0.358. The number of amides is 1. The number of carbonyl (C=O) groups is 2. The Balaban J connectivity index is 1.93. The summed E-state index contributed by atoms with van der Waals surface area (Å²) in [5, 5.41) is 14.0. The number of carbonyl (C=O) groups excluding carboxylic acids is 1. The summed E-state index contributed by atoms with van der Waals surface area (Å²) in [5.74, 6) is -2.95. The van der Waals surface area contributed by atoms with Crippen molar-refractivity contribution in [2.45, 2.75) is 25.7 Å². The normalized spacial score (nSPS) is 21.9. The van der Waals surface area contributed by atoms with Gasteiger partial charge in [0.2, 0.25) is 0 Å². The lowest BCUT2D eigenvalue weighted by Crippen LogP contribution is -2.50. The third-order valence-corrected chi connectivity index (χ3v) is 5.13. The number of nitrogens with one attached hydrogen (secondary N) is 1. The molecule has 0 unspecified atom stereocenters. The van der Waals surface area contributed by atoms with Crippen molar-refractivity contribution in [1.82, 2.24) is 5.43 Å². The standard InChI is InChI=1S/C22H21FN2O3/c1-15-11-12-22(21(27)28,19(13-15)17-7-9-18(23)10-8-17)20(26)25-24-14-16-5-3-2-4-6-16/h2-11,14,19H,12-13H2,1H3,(H,25,26)(H,27,28)/b24-14-/t19-,22-/m0/s1. The van der Waals surface area contributed by atoms with Gasteiger partial charge in [0.05, 0.1) is 6.21 Å². The zero-order chi connectivity index (χ0) is 20.1. The van der Waals surface area contributed by atoms with Crippen LogP contribution in [-0.4, -0.2) is 23.2 Å². The SMILES string of the molecule is CC1=CC[C@@](C(=O)O)(C(=O)N/N=C\c2ccccc2)[C@H](c2ccc(F)cc2)C1. The van der Waals surface area contributed by atoms with Crippen molar-refractivity contribution in [3.05, 3.63) is 83.2 Å². The summed E-state index contributed by atoms with van der Waals surface area (Å²) in [5.41, 5.74) is 3.06. The van der Waals surface area contributed by atoms with E-state index in [1.54, 1.807) is 6.08 Å². The number of carboxylic acid groups (broad SMARTS) is 1. The molecule has 1 aliphatic carbocycles. The second-order valence-electron chi connectivity index (χ2n) is 6.95. The summed E-state index contributed by atoms with van der Waals surface area (Å²) in [7, 11) is 0. The number of rotatable bonds is 5. The fourth-order valence-corrected chi connectivity index (χ4v) is 3.54. The van der Waals surface area contributed by atoms with Gasteiger partial charge in [-0.15, -0.1) is 0 Å². The molecule has 28 heavy (non-hydrogen) atoms. The Kier molecular flexibility index (Phi) is 5.68. The average molecular weight is 380 g/mol. The van der Waals surface area contributed by atoms with E-state index in [9.17, 15) is 19.1 Å². The van der Waals surface area contributed by atoms with E-state index in [-0.39, 0.29) is 6.42 Å². The lowest BCUT2D eigenvalue weighted by molar-refractivity contribution is -0.158. The topological polar surface area (TPSA) is 78.8 Å². The van der Waals surface area contributed by atoms with Gasteiger partial charge in [0.25, 0.3) is 5.91 Å². The monoisotopic (exact) mass is 380 g/mol. The molecule has 0 bridgehead atoms. The molecular weight excluding hydrogens is 359 g/mol. The molecule has 0 aliphatic heterocycles. The Morgan fingerprint density at radius 3 is 2.50 bits per heavy atom. The molecule has 1 aliphatic rings. The van der Waals surface area contributed by atoms with Crippen LogP contribution in [0.1, 0.15) is 36.8 Å². The first-order valence-electron chi connectivity index (χ1n) is 8.96. The molecule has 2 aromatic carbocycles. The maximum Gasteiger partial charge on any atom is 0.320 e. The van der Waals surface area contributed by atoms with E-state index in [4.69, 9.17) is 0 Å². The Hall–Kier alpha value is -3.28. The van der Waals surface area contributed by atoms with Crippen molar-refractivity contribution in [2.24, 2.45) is 10.5 Å². The predicted octanol–water partition coefficient (Wildman–Crippen LogP) is 3.87. The van der Waals surface area contributed by atoms with E-state index in [2.05, 4.69) is 10.5 Å². The zero-order valence-electron chi connectivity index (χ0n) is 15.4. The van der Waals surface area contributed by atoms with Gasteiger partial charge in [0.15, 0.2) is 5.41 Å². The minimum atomic E-state index is -1.72. The number of carboxylic acids is 1. The van der Waals surface area contributed by atoms with Crippen LogP contribution in [0.25, 0.3) is 0 Å². The highest BCUT2D eigenvalue weighted by Gasteiger charge is 2.53. The lowest BCUT2D eigenvalue weighted by Gasteiger charge is -2.38. The number of benzene rings is 2. The maximum absolute atomic E-state index is 13.3. The molecule has 2 atom stereocenters. The van der Waals surface area contributed by atoms with Gasteiger partial charge in [-0.25, -0.2) is 9.82 Å². The minimum Gasteiger partial charge on any atom is -0.480 e. The molecule has 2 N–H and O–H groups in total. The van der Waals surface area contributed by atoms with Crippen molar-refractivity contribution in [2.75, 3.05) is 0 Å². The molecule has 0 saturated heterocycles. The van der Waals surface area contributed by atoms with E-state index in [0.717, 1.165) is 11.1 Å². The van der Waals surface area contributed by atoms with Crippen molar-refractivity contribution in [1.29, 1.82) is 0 Å². The molecule has 5 nitrogen and oxygen atoms in total. The fourth-order valence-electron chi connectivity index (χ4n) is 3.54. The number of allylic oxidation sites excluding steroid dienone is 2. The van der Waals surface area contributed by atoms with Crippen molar-refractivity contribution in [3.8, 4) is 0 Å². The van der Waals surface area contributed by atoms with Crippen molar-refractivity contribution < 1.29 is 19.1 Å². The number of hydrogen-bond acceptors (Lipinski definition) is 3. The molecule has 0 heterocycles. The van der Waals surface area contributed by atoms with Crippen LogP contribution < -0.4 is 5.43 Å². The van der Waals surface area contributed by atoms with E-state index in [1.165, 1.54) is 30.5 Å². The van der Waals surface area contributed by atoms with Crippen molar-refractivity contribution in [3.63, 3.8) is 0 Å². The Labute approximate surface area is 162 Å².